The summed E-state index contributed by atoms with van der Waals surface area (Å²) in [5.74, 6) is 1.63. The van der Waals surface area contributed by atoms with E-state index in [1.807, 2.05) is 0 Å². The molecule has 1 aliphatic carbocycles. The Bertz CT molecular complexity index is 682. The zero-order chi connectivity index (χ0) is 14.8. The third kappa shape index (κ3) is 2.68. The molecule has 0 heterocycles. The largest absolute Gasteiger partial charge is 0.493 e. The number of carbonyl (C=O) groups is 1. The first-order valence-electron chi connectivity index (χ1n) is 6.76. The summed E-state index contributed by atoms with van der Waals surface area (Å²) in [6, 6.07) is 11.8. The Balaban J connectivity index is 1.76. The lowest BCUT2D eigenvalue weighted by Crippen LogP contribution is -2.23. The molecule has 0 saturated carbocycles. The molecular weight excluding hydrogens is 332 g/mol. The quantitative estimate of drug-likeness (QED) is 0.768. The number of methoxy groups -OCH3 is 1. The van der Waals surface area contributed by atoms with Crippen LogP contribution in [-0.4, -0.2) is 20.0 Å². The molecule has 0 saturated heterocycles. The summed E-state index contributed by atoms with van der Waals surface area (Å²) in [7, 11) is 1.57. The second kappa shape index (κ2) is 5.90. The molecule has 0 aliphatic heterocycles. The van der Waals surface area contributed by atoms with E-state index in [0.717, 1.165) is 17.2 Å². The van der Waals surface area contributed by atoms with Gasteiger partial charge in [-0.1, -0.05) is 24.3 Å². The van der Waals surface area contributed by atoms with Crippen LogP contribution >= 0.6 is 15.9 Å². The summed E-state index contributed by atoms with van der Waals surface area (Å²) in [5, 5.41) is 0. The number of hydrogen-bond donors (Lipinski definition) is 0. The number of benzene rings is 2. The highest BCUT2D eigenvalue weighted by molar-refractivity contribution is 9.10. The van der Waals surface area contributed by atoms with Crippen molar-refractivity contribution in [1.29, 1.82) is 0 Å². The van der Waals surface area contributed by atoms with Crippen LogP contribution in [0, 0.1) is 0 Å². The summed E-state index contributed by atoms with van der Waals surface area (Å²) in [6.07, 6.45) is 1.84. The molecule has 0 radical (unpaired) electrons. The molecule has 1 aliphatic rings. The van der Waals surface area contributed by atoms with E-state index < -0.39 is 0 Å². The molecule has 0 amide bonds. The smallest absolute Gasteiger partial charge is 0.175 e. The maximum Gasteiger partial charge on any atom is 0.175 e. The number of rotatable bonds is 5. The monoisotopic (exact) mass is 346 g/mol. The van der Waals surface area contributed by atoms with Gasteiger partial charge in [0.25, 0.3) is 0 Å². The highest BCUT2D eigenvalue weighted by Gasteiger charge is 2.26. The van der Waals surface area contributed by atoms with Crippen molar-refractivity contribution in [3.05, 3.63) is 57.6 Å². The van der Waals surface area contributed by atoms with Gasteiger partial charge in [-0.25, -0.2) is 0 Å². The molecule has 2 aromatic rings. The van der Waals surface area contributed by atoms with Gasteiger partial charge >= 0.3 is 0 Å². The molecule has 0 aromatic heterocycles. The summed E-state index contributed by atoms with van der Waals surface area (Å²) < 4.78 is 12.0. The number of aldehydes is 1. The van der Waals surface area contributed by atoms with Gasteiger partial charge in [-0.15, -0.1) is 0 Å². The Morgan fingerprint density at radius 2 is 2.14 bits per heavy atom. The van der Waals surface area contributed by atoms with E-state index in [0.29, 0.717) is 29.6 Å². The predicted octanol–water partition coefficient (Wildman–Crippen LogP) is 3.99. The van der Waals surface area contributed by atoms with Crippen molar-refractivity contribution in [2.24, 2.45) is 0 Å². The maximum absolute atomic E-state index is 10.9. The lowest BCUT2D eigenvalue weighted by Gasteiger charge is -2.30. The average Bonchev–Trinajstić information content (AvgIpc) is 2.48. The molecule has 2 aromatic carbocycles. The van der Waals surface area contributed by atoms with Gasteiger partial charge in [-0.2, -0.15) is 0 Å². The van der Waals surface area contributed by atoms with Gasteiger partial charge < -0.3 is 9.47 Å². The molecule has 0 spiro atoms. The van der Waals surface area contributed by atoms with Crippen molar-refractivity contribution in [2.75, 3.05) is 13.7 Å². The molecule has 1 atom stereocenters. The van der Waals surface area contributed by atoms with Gasteiger partial charge in [-0.3, -0.25) is 4.79 Å². The summed E-state index contributed by atoms with van der Waals surface area (Å²) in [4.78, 5) is 10.9. The van der Waals surface area contributed by atoms with Gasteiger partial charge in [0, 0.05) is 11.5 Å². The van der Waals surface area contributed by atoms with Gasteiger partial charge in [0.05, 0.1) is 18.2 Å². The fourth-order valence-corrected chi connectivity index (χ4v) is 3.22. The normalized spacial score (nSPS) is 15.8. The third-order valence-corrected chi connectivity index (χ3v) is 4.37. The Hall–Kier alpha value is -1.81. The molecule has 4 heteroatoms. The number of carbonyl (C=O) groups excluding carboxylic acids is 1. The molecule has 3 nitrogen and oxygen atoms in total. The van der Waals surface area contributed by atoms with Crippen molar-refractivity contribution >= 4 is 22.2 Å². The molecule has 21 heavy (non-hydrogen) atoms. The maximum atomic E-state index is 10.9. The number of ether oxygens (including phenoxy) is 2. The second-order valence-electron chi connectivity index (χ2n) is 5.06. The van der Waals surface area contributed by atoms with Crippen LogP contribution in [0.4, 0.5) is 0 Å². The first-order valence-corrected chi connectivity index (χ1v) is 7.55. The minimum atomic E-state index is 0.420. The summed E-state index contributed by atoms with van der Waals surface area (Å²) >= 11 is 3.44. The van der Waals surface area contributed by atoms with E-state index >= 15 is 0 Å². The molecule has 1 unspecified atom stereocenters. The van der Waals surface area contributed by atoms with Gasteiger partial charge in [0.15, 0.2) is 11.5 Å². The topological polar surface area (TPSA) is 35.5 Å². The van der Waals surface area contributed by atoms with E-state index in [1.54, 1.807) is 19.2 Å². The highest BCUT2D eigenvalue weighted by atomic mass is 79.9. The van der Waals surface area contributed by atoms with Crippen LogP contribution in [-0.2, 0) is 6.42 Å². The van der Waals surface area contributed by atoms with Gasteiger partial charge in [-0.05, 0) is 45.6 Å². The highest BCUT2D eigenvalue weighted by Crippen LogP contribution is 2.39. The van der Waals surface area contributed by atoms with E-state index in [2.05, 4.69) is 40.2 Å². The summed E-state index contributed by atoms with van der Waals surface area (Å²) in [5.41, 5.74) is 3.31. The second-order valence-corrected chi connectivity index (χ2v) is 5.92. The van der Waals surface area contributed by atoms with Crippen LogP contribution in [0.3, 0.4) is 0 Å². The molecule has 0 N–H and O–H groups in total. The zero-order valence-corrected chi connectivity index (χ0v) is 13.2. The van der Waals surface area contributed by atoms with Crippen LogP contribution in [0.5, 0.6) is 11.5 Å². The lowest BCUT2D eigenvalue weighted by atomic mass is 9.78. The van der Waals surface area contributed by atoms with Gasteiger partial charge in [0.1, 0.15) is 6.29 Å². The molecule has 0 bridgehead atoms. The third-order valence-electron chi connectivity index (χ3n) is 3.78. The van der Waals surface area contributed by atoms with Crippen molar-refractivity contribution in [3.63, 3.8) is 0 Å². The van der Waals surface area contributed by atoms with Crippen LogP contribution in [0.15, 0.2) is 40.9 Å². The van der Waals surface area contributed by atoms with Crippen molar-refractivity contribution in [3.8, 4) is 11.5 Å². The number of hydrogen-bond acceptors (Lipinski definition) is 3. The molecule has 0 fully saturated rings. The first kappa shape index (κ1) is 14.1. The Morgan fingerprint density at radius 3 is 2.86 bits per heavy atom. The predicted molar refractivity (Wildman–Crippen MR) is 84.5 cm³/mol. The van der Waals surface area contributed by atoms with Crippen molar-refractivity contribution in [2.45, 2.75) is 12.3 Å². The number of fused-ring (bicyclic) bond motifs is 1. The fraction of sp³-hybridized carbons (Fsp3) is 0.235. The van der Waals surface area contributed by atoms with E-state index in [1.165, 1.54) is 11.1 Å². The SMILES string of the molecule is COc1cc(C=O)cc(Br)c1OCC1Cc2ccccc21. The van der Waals surface area contributed by atoms with E-state index in [9.17, 15) is 4.79 Å². The fourth-order valence-electron chi connectivity index (χ4n) is 2.64. The minimum absolute atomic E-state index is 0.420. The Morgan fingerprint density at radius 1 is 1.33 bits per heavy atom. The van der Waals surface area contributed by atoms with E-state index in [4.69, 9.17) is 9.47 Å². The molecular formula is C17H15BrO3. The molecule has 108 valence electrons. The van der Waals surface area contributed by atoms with Crippen molar-refractivity contribution < 1.29 is 14.3 Å². The molecule has 3 rings (SSSR count). The number of halogens is 1. The first-order chi connectivity index (χ1) is 10.2. The lowest BCUT2D eigenvalue weighted by molar-refractivity contribution is 0.112. The average molecular weight is 347 g/mol. The zero-order valence-electron chi connectivity index (χ0n) is 11.6. The van der Waals surface area contributed by atoms with Gasteiger partial charge in [0.2, 0.25) is 0 Å². The standard InChI is InChI=1S/C17H15BrO3/c1-20-16-7-11(9-19)6-15(18)17(16)21-10-13-8-12-4-2-3-5-14(12)13/h2-7,9,13H,8,10H2,1H3. The minimum Gasteiger partial charge on any atom is -0.493 e. The van der Waals surface area contributed by atoms with Crippen LogP contribution in [0.1, 0.15) is 27.4 Å². The van der Waals surface area contributed by atoms with Crippen LogP contribution in [0.2, 0.25) is 0 Å². The summed E-state index contributed by atoms with van der Waals surface area (Å²) in [6.45, 7) is 0.604. The Labute approximate surface area is 132 Å². The van der Waals surface area contributed by atoms with Crippen LogP contribution in [0.25, 0.3) is 0 Å². The van der Waals surface area contributed by atoms with Crippen molar-refractivity contribution in [1.82, 2.24) is 0 Å². The van der Waals surface area contributed by atoms with Crippen LogP contribution < -0.4 is 9.47 Å². The van der Waals surface area contributed by atoms with E-state index in [-0.39, 0.29) is 0 Å². The Kier molecular flexibility index (Phi) is 3.97.